The summed E-state index contributed by atoms with van der Waals surface area (Å²) in [5.74, 6) is -0.193. The van der Waals surface area contributed by atoms with E-state index in [0.29, 0.717) is 32.4 Å². The number of hydrogen-bond donors (Lipinski definition) is 3. The maximum absolute atomic E-state index is 12.1. The summed E-state index contributed by atoms with van der Waals surface area (Å²) in [5.41, 5.74) is 8.29. The normalized spacial score (nSPS) is 11.3. The Hall–Kier alpha value is -2.69. The number of hydrogen-bond acceptors (Lipinski definition) is 7. The van der Waals surface area contributed by atoms with Crippen LogP contribution in [0.4, 0.5) is 11.4 Å². The van der Waals surface area contributed by atoms with E-state index >= 15 is 0 Å². The van der Waals surface area contributed by atoms with Crippen LogP contribution in [-0.2, 0) is 10.0 Å². The second-order valence-corrected chi connectivity index (χ2v) is 9.66. The number of sulfonamides is 1. The summed E-state index contributed by atoms with van der Waals surface area (Å²) in [5, 5.41) is 3.24. The van der Waals surface area contributed by atoms with Gasteiger partial charge in [0.05, 0.1) is 30.0 Å². The minimum atomic E-state index is -3.51. The lowest BCUT2D eigenvalue weighted by molar-refractivity contribution is 0.100. The summed E-state index contributed by atoms with van der Waals surface area (Å²) in [6, 6.07) is 4.70. The molecule has 0 spiro atoms. The predicted molar refractivity (Wildman–Crippen MR) is 117 cm³/mol. The van der Waals surface area contributed by atoms with Crippen LogP contribution >= 0.6 is 22.9 Å². The van der Waals surface area contributed by atoms with Gasteiger partial charge >= 0.3 is 0 Å². The number of halogens is 1. The molecule has 0 saturated heterocycles. The fraction of sp³-hybridized carbons (Fsp3) is 0.167. The van der Waals surface area contributed by atoms with Gasteiger partial charge in [-0.15, -0.1) is 11.3 Å². The number of nitrogens with two attached hydrogens (primary N) is 1. The molecule has 29 heavy (non-hydrogen) atoms. The number of thiophene rings is 1. The Labute approximate surface area is 177 Å². The van der Waals surface area contributed by atoms with Gasteiger partial charge in [-0.25, -0.2) is 18.4 Å². The number of carbonyl (C=O) groups excluding carboxylic acids is 1. The third-order valence-electron chi connectivity index (χ3n) is 3.96. The van der Waals surface area contributed by atoms with Crippen LogP contribution < -0.4 is 15.8 Å². The van der Waals surface area contributed by atoms with E-state index in [9.17, 15) is 13.2 Å². The van der Waals surface area contributed by atoms with E-state index in [-0.39, 0.29) is 5.69 Å². The first kappa shape index (κ1) is 21.0. The molecule has 2 aromatic heterocycles. The van der Waals surface area contributed by atoms with Crippen molar-refractivity contribution in [3.8, 4) is 22.5 Å². The highest BCUT2D eigenvalue weighted by molar-refractivity contribution is 7.92. The van der Waals surface area contributed by atoms with Crippen LogP contribution in [0.2, 0.25) is 5.02 Å². The van der Waals surface area contributed by atoms with Crippen molar-refractivity contribution in [1.29, 1.82) is 0 Å². The van der Waals surface area contributed by atoms with Crippen molar-refractivity contribution in [2.24, 2.45) is 5.73 Å². The molecule has 3 rings (SSSR count). The second kappa shape index (κ2) is 7.97. The molecule has 0 bridgehead atoms. The Bertz CT molecular complexity index is 1190. The summed E-state index contributed by atoms with van der Waals surface area (Å²) >= 11 is 7.44. The van der Waals surface area contributed by atoms with Gasteiger partial charge in [0.1, 0.15) is 4.88 Å². The van der Waals surface area contributed by atoms with E-state index in [2.05, 4.69) is 20.0 Å². The topological polar surface area (TPSA) is 127 Å². The Balaban J connectivity index is 2.26. The molecule has 0 saturated carbocycles. The first-order valence-electron chi connectivity index (χ1n) is 8.31. The van der Waals surface area contributed by atoms with E-state index in [1.54, 1.807) is 31.6 Å². The number of rotatable bonds is 6. The largest absolute Gasteiger partial charge is 0.386 e. The van der Waals surface area contributed by atoms with Crippen LogP contribution in [0.3, 0.4) is 0 Å². The van der Waals surface area contributed by atoms with Gasteiger partial charge in [0.15, 0.2) is 5.82 Å². The Morgan fingerprint density at radius 2 is 1.79 bits per heavy atom. The average molecular weight is 452 g/mol. The highest BCUT2D eigenvalue weighted by Crippen LogP contribution is 2.43. The van der Waals surface area contributed by atoms with E-state index in [1.807, 2.05) is 6.92 Å². The maximum atomic E-state index is 12.1. The van der Waals surface area contributed by atoms with Gasteiger partial charge < -0.3 is 11.1 Å². The molecule has 0 aliphatic heterocycles. The number of nitrogens with zero attached hydrogens (tertiary/aromatic N) is 2. The summed E-state index contributed by atoms with van der Waals surface area (Å²) in [7, 11) is -1.76. The molecule has 0 radical (unpaired) electrons. The van der Waals surface area contributed by atoms with Crippen LogP contribution in [0.25, 0.3) is 22.5 Å². The van der Waals surface area contributed by atoms with Crippen LogP contribution in [0.5, 0.6) is 0 Å². The number of anilines is 2. The van der Waals surface area contributed by atoms with Crippen LogP contribution in [0.15, 0.2) is 30.6 Å². The number of nitrogens with one attached hydrogen (secondary N) is 2. The van der Waals surface area contributed by atoms with Crippen molar-refractivity contribution in [2.45, 2.75) is 6.92 Å². The zero-order valence-electron chi connectivity index (χ0n) is 15.8. The summed E-state index contributed by atoms with van der Waals surface area (Å²) in [6.45, 7) is 1.84. The lowest BCUT2D eigenvalue weighted by Crippen LogP contribution is -2.11. The molecule has 2 heterocycles. The monoisotopic (exact) mass is 451 g/mol. The van der Waals surface area contributed by atoms with Crippen LogP contribution in [0, 0.1) is 6.92 Å². The molecule has 1 amide bonds. The molecule has 8 nitrogen and oxygen atoms in total. The minimum Gasteiger partial charge on any atom is -0.386 e. The van der Waals surface area contributed by atoms with Gasteiger partial charge in [0, 0.05) is 28.1 Å². The van der Waals surface area contributed by atoms with E-state index in [0.717, 1.165) is 16.8 Å². The SMILES string of the molecule is CNc1cnc(-c2c(C)sc(C(N)=O)c2-c2cc(Cl)cc(NS(C)(=O)=O)c2)nc1. The highest BCUT2D eigenvalue weighted by atomic mass is 35.5. The molecule has 1 aromatic carbocycles. The van der Waals surface area contributed by atoms with Crippen molar-refractivity contribution < 1.29 is 13.2 Å². The van der Waals surface area contributed by atoms with Crippen LogP contribution in [-0.4, -0.2) is 37.6 Å². The van der Waals surface area contributed by atoms with Crippen molar-refractivity contribution >= 4 is 50.2 Å². The molecule has 3 aromatic rings. The first-order valence-corrected chi connectivity index (χ1v) is 11.4. The van der Waals surface area contributed by atoms with Gasteiger partial charge in [-0.2, -0.15) is 0 Å². The smallest absolute Gasteiger partial charge is 0.259 e. The molecule has 4 N–H and O–H groups in total. The number of amides is 1. The Morgan fingerprint density at radius 3 is 2.34 bits per heavy atom. The molecule has 0 aliphatic rings. The highest BCUT2D eigenvalue weighted by Gasteiger charge is 2.24. The van der Waals surface area contributed by atoms with Crippen molar-refractivity contribution in [2.75, 3.05) is 23.3 Å². The number of aryl methyl sites for hydroxylation is 1. The van der Waals surface area contributed by atoms with E-state index in [1.165, 1.54) is 17.4 Å². The maximum Gasteiger partial charge on any atom is 0.259 e. The molecule has 11 heteroatoms. The Morgan fingerprint density at radius 1 is 1.14 bits per heavy atom. The lowest BCUT2D eigenvalue weighted by atomic mass is 9.98. The number of carbonyl (C=O) groups is 1. The number of primary amides is 1. The molecular weight excluding hydrogens is 434 g/mol. The minimum absolute atomic E-state index is 0.270. The van der Waals surface area contributed by atoms with Crippen molar-refractivity contribution in [3.05, 3.63) is 45.4 Å². The van der Waals surface area contributed by atoms with E-state index in [4.69, 9.17) is 17.3 Å². The molecule has 152 valence electrons. The van der Waals surface area contributed by atoms with E-state index < -0.39 is 15.9 Å². The van der Waals surface area contributed by atoms with Gasteiger partial charge in [-0.3, -0.25) is 9.52 Å². The van der Waals surface area contributed by atoms with Gasteiger partial charge in [0.2, 0.25) is 10.0 Å². The zero-order chi connectivity index (χ0) is 21.3. The average Bonchev–Trinajstić information content (AvgIpc) is 2.97. The first-order chi connectivity index (χ1) is 13.6. The van der Waals surface area contributed by atoms with Gasteiger partial charge in [0.25, 0.3) is 5.91 Å². The zero-order valence-corrected chi connectivity index (χ0v) is 18.2. The van der Waals surface area contributed by atoms with Crippen LogP contribution in [0.1, 0.15) is 14.5 Å². The summed E-state index contributed by atoms with van der Waals surface area (Å²) in [4.78, 5) is 22.0. The lowest BCUT2D eigenvalue weighted by Gasteiger charge is -2.11. The fourth-order valence-electron chi connectivity index (χ4n) is 2.86. The number of benzene rings is 1. The van der Waals surface area contributed by atoms with Gasteiger partial charge in [-0.1, -0.05) is 11.6 Å². The molecule has 0 atom stereocenters. The van der Waals surface area contributed by atoms with Gasteiger partial charge in [-0.05, 0) is 30.7 Å². The Kier molecular flexibility index (Phi) is 5.78. The molecule has 0 unspecified atom stereocenters. The fourth-order valence-corrected chi connectivity index (χ4v) is 4.66. The molecule has 0 aliphatic carbocycles. The summed E-state index contributed by atoms with van der Waals surface area (Å²) in [6.07, 6.45) is 4.29. The summed E-state index contributed by atoms with van der Waals surface area (Å²) < 4.78 is 25.7. The predicted octanol–water partition coefficient (Wildman–Crippen LogP) is 3.35. The standard InChI is InChI=1S/C18H18ClN5O3S2/c1-9-14(18-22-7-13(21-2)8-23-18)15(16(28-9)17(20)25)10-4-11(19)6-12(5-10)24-29(3,26)27/h4-8,21,24H,1-3H3,(H2,20,25). The quantitative estimate of drug-likeness (QED) is 0.527. The number of aromatic nitrogens is 2. The second-order valence-electron chi connectivity index (χ2n) is 6.25. The third-order valence-corrected chi connectivity index (χ3v) is 5.91. The molecular formula is C18H18ClN5O3S2. The third kappa shape index (κ3) is 4.66. The van der Waals surface area contributed by atoms with Crippen molar-refractivity contribution in [3.63, 3.8) is 0 Å². The molecule has 0 fully saturated rings. The van der Waals surface area contributed by atoms with Crippen molar-refractivity contribution in [1.82, 2.24) is 9.97 Å².